The lowest BCUT2D eigenvalue weighted by Gasteiger charge is -2.11. The van der Waals surface area contributed by atoms with Crippen LogP contribution in [0.3, 0.4) is 0 Å². The van der Waals surface area contributed by atoms with Crippen molar-refractivity contribution in [2.45, 2.75) is 32.7 Å². The van der Waals surface area contributed by atoms with E-state index in [0.717, 1.165) is 35.2 Å². The molecule has 0 spiro atoms. The third-order valence-electron chi connectivity index (χ3n) is 2.31. The van der Waals surface area contributed by atoms with Crippen LogP contribution in [0.4, 0.5) is 5.82 Å². The molecular weight excluding hydrogens is 254 g/mol. The Morgan fingerprint density at radius 3 is 2.93 bits per heavy atom. The smallest absolute Gasteiger partial charge is 0.140 e. The van der Waals surface area contributed by atoms with Crippen molar-refractivity contribution in [2.24, 2.45) is 5.73 Å². The van der Waals surface area contributed by atoms with E-state index in [0.29, 0.717) is 0 Å². The number of hydrogen-bond acceptors (Lipinski definition) is 3. The maximum atomic E-state index is 5.83. The summed E-state index contributed by atoms with van der Waals surface area (Å²) in [5.41, 5.74) is 6.98. The number of pyridine rings is 1. The van der Waals surface area contributed by atoms with Crippen molar-refractivity contribution in [1.29, 1.82) is 0 Å². The van der Waals surface area contributed by atoms with Gasteiger partial charge in [0.15, 0.2) is 0 Å². The topological polar surface area (TPSA) is 50.9 Å². The van der Waals surface area contributed by atoms with Crippen molar-refractivity contribution in [3.8, 4) is 0 Å². The van der Waals surface area contributed by atoms with Crippen LogP contribution in [0, 0.1) is 6.92 Å². The second kappa shape index (κ2) is 6.08. The van der Waals surface area contributed by atoms with Crippen LogP contribution < -0.4 is 11.1 Å². The van der Waals surface area contributed by atoms with Crippen LogP contribution in [0.1, 0.15) is 25.3 Å². The summed E-state index contributed by atoms with van der Waals surface area (Å²) in [6.07, 6.45) is 3.84. The second-order valence-electron chi connectivity index (χ2n) is 3.73. The highest BCUT2D eigenvalue weighted by Gasteiger charge is 2.02. The van der Waals surface area contributed by atoms with Gasteiger partial charge >= 0.3 is 0 Å². The quantitative estimate of drug-likeness (QED) is 0.866. The third-order valence-corrected chi connectivity index (χ3v) is 2.91. The van der Waals surface area contributed by atoms with E-state index in [9.17, 15) is 0 Å². The van der Waals surface area contributed by atoms with Crippen molar-refractivity contribution in [3.05, 3.63) is 22.3 Å². The summed E-state index contributed by atoms with van der Waals surface area (Å²) in [5.74, 6) is 0.893. The van der Waals surface area contributed by atoms with E-state index in [1.54, 1.807) is 0 Å². The zero-order chi connectivity index (χ0) is 11.3. The first-order valence-electron chi connectivity index (χ1n) is 5.25. The summed E-state index contributed by atoms with van der Waals surface area (Å²) in [7, 11) is 0. The molecule has 3 N–H and O–H groups in total. The molecule has 1 rings (SSSR count). The molecule has 1 heterocycles. The Kier molecular flexibility index (Phi) is 5.05. The van der Waals surface area contributed by atoms with E-state index in [4.69, 9.17) is 5.73 Å². The molecule has 3 nitrogen and oxygen atoms in total. The van der Waals surface area contributed by atoms with Crippen molar-refractivity contribution < 1.29 is 0 Å². The van der Waals surface area contributed by atoms with Crippen molar-refractivity contribution >= 4 is 21.7 Å². The molecule has 1 aromatic rings. The molecule has 0 saturated heterocycles. The minimum atomic E-state index is 0.279. The SMILES string of the molecule is CCC(N)CCNc1ncc(C)cc1Br. The summed E-state index contributed by atoms with van der Waals surface area (Å²) in [6.45, 7) is 4.99. The molecule has 0 aliphatic rings. The van der Waals surface area contributed by atoms with Gasteiger partial charge in [-0.3, -0.25) is 0 Å². The highest BCUT2D eigenvalue weighted by atomic mass is 79.9. The van der Waals surface area contributed by atoms with Gasteiger partial charge in [0.2, 0.25) is 0 Å². The Morgan fingerprint density at radius 2 is 2.33 bits per heavy atom. The monoisotopic (exact) mass is 271 g/mol. The first-order chi connectivity index (χ1) is 7.13. The van der Waals surface area contributed by atoms with Crippen LogP contribution in [0.25, 0.3) is 0 Å². The largest absolute Gasteiger partial charge is 0.369 e. The number of aryl methyl sites for hydroxylation is 1. The van der Waals surface area contributed by atoms with Gasteiger partial charge in [0.25, 0.3) is 0 Å². The zero-order valence-electron chi connectivity index (χ0n) is 9.26. The molecule has 1 aromatic heterocycles. The maximum absolute atomic E-state index is 5.83. The molecule has 0 saturated carbocycles. The number of anilines is 1. The molecule has 0 bridgehead atoms. The average molecular weight is 272 g/mol. The van der Waals surface area contributed by atoms with Crippen LogP contribution in [-0.2, 0) is 0 Å². The van der Waals surface area contributed by atoms with Crippen LogP contribution in [0.15, 0.2) is 16.7 Å². The number of nitrogens with two attached hydrogens (primary N) is 1. The zero-order valence-corrected chi connectivity index (χ0v) is 10.8. The van der Waals surface area contributed by atoms with Gasteiger partial charge in [-0.2, -0.15) is 0 Å². The lowest BCUT2D eigenvalue weighted by Crippen LogP contribution is -2.22. The van der Waals surface area contributed by atoms with E-state index >= 15 is 0 Å². The first kappa shape index (κ1) is 12.5. The highest BCUT2D eigenvalue weighted by molar-refractivity contribution is 9.10. The summed E-state index contributed by atoms with van der Waals surface area (Å²) >= 11 is 3.48. The summed E-state index contributed by atoms with van der Waals surface area (Å²) in [4.78, 5) is 4.30. The van der Waals surface area contributed by atoms with Gasteiger partial charge in [-0.25, -0.2) is 4.98 Å². The molecule has 4 heteroatoms. The first-order valence-corrected chi connectivity index (χ1v) is 6.04. The Hall–Kier alpha value is -0.610. The Bertz CT molecular complexity index is 315. The van der Waals surface area contributed by atoms with Gasteiger partial charge in [0, 0.05) is 18.8 Å². The van der Waals surface area contributed by atoms with Crippen molar-refractivity contribution in [3.63, 3.8) is 0 Å². The fourth-order valence-corrected chi connectivity index (χ4v) is 1.85. The highest BCUT2D eigenvalue weighted by Crippen LogP contribution is 2.20. The minimum Gasteiger partial charge on any atom is -0.369 e. The molecule has 1 atom stereocenters. The predicted molar refractivity (Wildman–Crippen MR) is 68.0 cm³/mol. The van der Waals surface area contributed by atoms with Crippen molar-refractivity contribution in [1.82, 2.24) is 4.98 Å². The van der Waals surface area contributed by atoms with Gasteiger partial charge in [0.1, 0.15) is 5.82 Å². The lowest BCUT2D eigenvalue weighted by molar-refractivity contribution is 0.613. The van der Waals surface area contributed by atoms with Crippen LogP contribution in [0.5, 0.6) is 0 Å². The maximum Gasteiger partial charge on any atom is 0.140 e. The molecule has 0 aromatic carbocycles. The number of aromatic nitrogens is 1. The lowest BCUT2D eigenvalue weighted by atomic mass is 10.2. The molecule has 0 fully saturated rings. The molecule has 1 unspecified atom stereocenters. The third kappa shape index (κ3) is 4.18. The average Bonchev–Trinajstić information content (AvgIpc) is 2.21. The van der Waals surface area contributed by atoms with E-state index < -0.39 is 0 Å². The molecular formula is C11H18BrN3. The number of hydrogen-bond donors (Lipinski definition) is 2. The number of rotatable bonds is 5. The summed E-state index contributed by atoms with van der Waals surface area (Å²) in [6, 6.07) is 2.33. The van der Waals surface area contributed by atoms with Crippen LogP contribution in [0.2, 0.25) is 0 Å². The van der Waals surface area contributed by atoms with E-state index in [2.05, 4.69) is 39.2 Å². The minimum absolute atomic E-state index is 0.279. The number of nitrogens with one attached hydrogen (secondary N) is 1. The van der Waals surface area contributed by atoms with E-state index in [1.807, 2.05) is 13.1 Å². The summed E-state index contributed by atoms with van der Waals surface area (Å²) < 4.78 is 1.01. The molecule has 84 valence electrons. The van der Waals surface area contributed by atoms with E-state index in [1.165, 1.54) is 0 Å². The predicted octanol–water partition coefficient (Wildman–Crippen LogP) is 2.69. The Morgan fingerprint density at radius 1 is 1.60 bits per heavy atom. The van der Waals surface area contributed by atoms with Gasteiger partial charge in [0.05, 0.1) is 4.47 Å². The van der Waals surface area contributed by atoms with Gasteiger partial charge in [-0.1, -0.05) is 6.92 Å². The van der Waals surface area contributed by atoms with E-state index in [-0.39, 0.29) is 6.04 Å². The molecule has 0 aliphatic heterocycles. The summed E-state index contributed by atoms with van der Waals surface area (Å²) in [5, 5.41) is 3.27. The van der Waals surface area contributed by atoms with Gasteiger partial charge < -0.3 is 11.1 Å². The second-order valence-corrected chi connectivity index (χ2v) is 4.58. The molecule has 0 aliphatic carbocycles. The number of nitrogens with zero attached hydrogens (tertiary/aromatic N) is 1. The van der Waals surface area contributed by atoms with Crippen LogP contribution >= 0.6 is 15.9 Å². The normalized spacial score (nSPS) is 12.5. The standard InChI is InChI=1S/C11H18BrN3/c1-3-9(13)4-5-14-11-10(12)6-8(2)7-15-11/h6-7,9H,3-5,13H2,1-2H3,(H,14,15). The van der Waals surface area contributed by atoms with Gasteiger partial charge in [-0.05, 0) is 47.3 Å². The fourth-order valence-electron chi connectivity index (χ4n) is 1.24. The van der Waals surface area contributed by atoms with Crippen LogP contribution in [-0.4, -0.2) is 17.6 Å². The van der Waals surface area contributed by atoms with Gasteiger partial charge in [-0.15, -0.1) is 0 Å². The number of halogens is 1. The molecule has 15 heavy (non-hydrogen) atoms. The van der Waals surface area contributed by atoms with Crippen molar-refractivity contribution in [2.75, 3.05) is 11.9 Å². The molecule has 0 amide bonds. The molecule has 0 radical (unpaired) electrons. The Labute approximate surface area is 99.6 Å². The Balaban J connectivity index is 2.44. The fraction of sp³-hybridized carbons (Fsp3) is 0.545.